The van der Waals surface area contributed by atoms with E-state index < -0.39 is 47.6 Å². The van der Waals surface area contributed by atoms with Gasteiger partial charge in [-0.2, -0.15) is 0 Å². The maximum absolute atomic E-state index is 13.4. The summed E-state index contributed by atoms with van der Waals surface area (Å²) in [5.41, 5.74) is 0.930. The topological polar surface area (TPSA) is 138 Å². The van der Waals surface area contributed by atoms with Gasteiger partial charge in [-0.15, -0.1) is 0 Å². The lowest BCUT2D eigenvalue weighted by molar-refractivity contribution is -0.363. The maximum atomic E-state index is 13.4. The van der Waals surface area contributed by atoms with Crippen LogP contribution < -0.4 is 14.2 Å². The fourth-order valence-electron chi connectivity index (χ4n) is 7.60. The molecule has 5 heterocycles. The van der Waals surface area contributed by atoms with Crippen molar-refractivity contribution in [1.82, 2.24) is 0 Å². The summed E-state index contributed by atoms with van der Waals surface area (Å²) < 4.78 is 55.9. The Labute approximate surface area is 240 Å². The van der Waals surface area contributed by atoms with Gasteiger partial charge in [-0.1, -0.05) is 0 Å². The van der Waals surface area contributed by atoms with Crippen molar-refractivity contribution >= 4 is 28.5 Å². The summed E-state index contributed by atoms with van der Waals surface area (Å²) in [6.07, 6.45) is -0.465. The zero-order valence-electron chi connectivity index (χ0n) is 23.7. The Kier molecular flexibility index (Phi) is 5.42. The van der Waals surface area contributed by atoms with Gasteiger partial charge in [0.2, 0.25) is 11.9 Å². The molecular formula is C30H30O12. The van der Waals surface area contributed by atoms with Gasteiger partial charge in [0.25, 0.3) is 5.79 Å². The number of ether oxygens (including phenoxy) is 9. The van der Waals surface area contributed by atoms with Crippen LogP contribution in [0, 0.1) is 6.92 Å². The number of methoxy groups -OCH3 is 1. The van der Waals surface area contributed by atoms with E-state index >= 15 is 0 Å². The van der Waals surface area contributed by atoms with Gasteiger partial charge in [-0.25, -0.2) is 0 Å². The molecule has 0 unspecified atom stereocenters. The summed E-state index contributed by atoms with van der Waals surface area (Å²) in [5, 5.41) is 0.930. The lowest BCUT2D eigenvalue weighted by Crippen LogP contribution is -2.71. The van der Waals surface area contributed by atoms with Gasteiger partial charge in [0.05, 0.1) is 37.9 Å². The van der Waals surface area contributed by atoms with Crippen molar-refractivity contribution in [2.45, 2.75) is 82.1 Å². The first kappa shape index (κ1) is 26.3. The molecule has 42 heavy (non-hydrogen) atoms. The number of carbonyl (C=O) groups excluding carboxylic acids is 3. The molecule has 1 aliphatic carbocycles. The third kappa shape index (κ3) is 3.06. The molecule has 0 amide bonds. The van der Waals surface area contributed by atoms with E-state index in [9.17, 15) is 14.4 Å². The Morgan fingerprint density at radius 3 is 2.45 bits per heavy atom. The van der Waals surface area contributed by atoms with Crippen LogP contribution in [0.25, 0.3) is 10.8 Å². The number of fused-ring (bicyclic) bond motifs is 8. The van der Waals surface area contributed by atoms with Crippen LogP contribution in [0.4, 0.5) is 0 Å². The molecule has 0 N–H and O–H groups in total. The van der Waals surface area contributed by atoms with Gasteiger partial charge in [-0.3, -0.25) is 14.4 Å². The third-order valence-corrected chi connectivity index (χ3v) is 9.14. The van der Waals surface area contributed by atoms with Crippen LogP contribution in [-0.2, 0) is 44.4 Å². The molecule has 2 aromatic rings. The molecular weight excluding hydrogens is 552 g/mol. The number of hydrogen-bond acceptors (Lipinski definition) is 12. The van der Waals surface area contributed by atoms with Crippen molar-refractivity contribution in [2.24, 2.45) is 0 Å². The first-order chi connectivity index (χ1) is 20.2. The molecule has 4 saturated heterocycles. The Balaban J connectivity index is 1.44. The van der Waals surface area contributed by atoms with E-state index in [1.807, 2.05) is 13.0 Å². The van der Waals surface area contributed by atoms with Crippen LogP contribution in [-0.4, -0.2) is 74.2 Å². The van der Waals surface area contributed by atoms with E-state index in [2.05, 4.69) is 0 Å². The number of ketones is 1. The second-order valence-corrected chi connectivity index (χ2v) is 11.6. The van der Waals surface area contributed by atoms with Gasteiger partial charge in [0.1, 0.15) is 17.6 Å². The Hall–Kier alpha value is -3.29. The van der Waals surface area contributed by atoms with Crippen molar-refractivity contribution in [3.63, 3.8) is 0 Å². The highest BCUT2D eigenvalue weighted by atomic mass is 16.9. The van der Waals surface area contributed by atoms with E-state index in [-0.39, 0.29) is 29.5 Å². The number of aryl methyl sites for hydroxylation is 1. The minimum absolute atomic E-state index is 0.0831. The summed E-state index contributed by atoms with van der Waals surface area (Å²) in [5.74, 6) is -3.93. The lowest BCUT2D eigenvalue weighted by Gasteiger charge is -2.49. The maximum Gasteiger partial charge on any atom is 0.320 e. The fraction of sp³-hybridized carbons (Fsp3) is 0.567. The van der Waals surface area contributed by atoms with Crippen LogP contribution in [0.1, 0.15) is 66.3 Å². The second-order valence-electron chi connectivity index (χ2n) is 11.6. The second kappa shape index (κ2) is 8.64. The molecule has 0 saturated carbocycles. The average Bonchev–Trinajstić information content (AvgIpc) is 3.61. The Morgan fingerprint density at radius 1 is 1.02 bits per heavy atom. The molecule has 5 aliphatic heterocycles. The molecule has 2 bridgehead atoms. The molecule has 0 aromatic heterocycles. The van der Waals surface area contributed by atoms with Crippen molar-refractivity contribution in [3.05, 3.63) is 28.3 Å². The van der Waals surface area contributed by atoms with Crippen LogP contribution in [0.3, 0.4) is 0 Å². The number of hydrogen-bond donors (Lipinski definition) is 0. The van der Waals surface area contributed by atoms with Gasteiger partial charge in [-0.05, 0) is 37.8 Å². The van der Waals surface area contributed by atoms with E-state index in [0.29, 0.717) is 66.5 Å². The highest BCUT2D eigenvalue weighted by molar-refractivity contribution is 6.12. The molecule has 5 atom stereocenters. The predicted octanol–water partition coefficient (Wildman–Crippen LogP) is 2.95. The highest BCUT2D eigenvalue weighted by Gasteiger charge is 2.94. The molecule has 8 rings (SSSR count). The van der Waals surface area contributed by atoms with E-state index in [1.165, 1.54) is 21.0 Å². The highest BCUT2D eigenvalue weighted by Crippen LogP contribution is 2.72. The third-order valence-electron chi connectivity index (χ3n) is 9.14. The van der Waals surface area contributed by atoms with Crippen LogP contribution in [0.15, 0.2) is 6.07 Å². The first-order valence-corrected chi connectivity index (χ1v) is 14.2. The fourth-order valence-corrected chi connectivity index (χ4v) is 7.60. The molecule has 2 aromatic carbocycles. The van der Waals surface area contributed by atoms with Gasteiger partial charge in [0, 0.05) is 36.8 Å². The zero-order valence-corrected chi connectivity index (χ0v) is 23.7. The van der Waals surface area contributed by atoms with E-state index in [1.54, 1.807) is 0 Å². The molecule has 4 fully saturated rings. The molecule has 12 heteroatoms. The van der Waals surface area contributed by atoms with Crippen LogP contribution >= 0.6 is 0 Å². The summed E-state index contributed by atoms with van der Waals surface area (Å²) >= 11 is 0. The minimum atomic E-state index is -1.79. The summed E-state index contributed by atoms with van der Waals surface area (Å²) in [7, 11) is 1.54. The SMILES string of the molecule is COc1c2c(c(OC(C)=O)c3c4c(c(C)cc13)[C@H]1O[C@]3(C5OCCCO5)O[C@@H]1[C@@](OC(C)=O)(O4)[C@@]31CO1)C(=O)CCC2. The van der Waals surface area contributed by atoms with Gasteiger partial charge >= 0.3 is 17.7 Å². The number of rotatable bonds is 4. The number of epoxide rings is 1. The Morgan fingerprint density at radius 2 is 1.79 bits per heavy atom. The minimum Gasteiger partial charge on any atom is -0.496 e. The molecule has 6 aliphatic rings. The van der Waals surface area contributed by atoms with E-state index in [4.69, 9.17) is 42.6 Å². The van der Waals surface area contributed by atoms with Crippen molar-refractivity contribution in [1.29, 1.82) is 0 Å². The van der Waals surface area contributed by atoms with Crippen molar-refractivity contribution in [2.75, 3.05) is 26.9 Å². The largest absolute Gasteiger partial charge is 0.496 e. The summed E-state index contributed by atoms with van der Waals surface area (Å²) in [6, 6.07) is 1.90. The quantitative estimate of drug-likeness (QED) is 0.298. The number of benzene rings is 2. The van der Waals surface area contributed by atoms with Crippen LogP contribution in [0.2, 0.25) is 0 Å². The predicted molar refractivity (Wildman–Crippen MR) is 139 cm³/mol. The number of Topliss-reactive ketones (excluding diaryl/α,β-unsaturated/α-hetero) is 1. The van der Waals surface area contributed by atoms with Crippen LogP contribution in [0.5, 0.6) is 17.2 Å². The normalized spacial score (nSPS) is 34.1. The smallest absolute Gasteiger partial charge is 0.320 e. The van der Waals surface area contributed by atoms with Crippen molar-refractivity contribution in [3.8, 4) is 17.2 Å². The lowest BCUT2D eigenvalue weighted by atomic mass is 9.78. The Bertz CT molecular complexity index is 1590. The first-order valence-electron chi connectivity index (χ1n) is 14.2. The molecule has 222 valence electrons. The average molecular weight is 583 g/mol. The summed E-state index contributed by atoms with van der Waals surface area (Å²) in [4.78, 5) is 38.6. The summed E-state index contributed by atoms with van der Waals surface area (Å²) in [6.45, 7) is 5.39. The molecule has 0 radical (unpaired) electrons. The number of esters is 2. The van der Waals surface area contributed by atoms with Crippen molar-refractivity contribution < 1.29 is 57.0 Å². The zero-order chi connectivity index (χ0) is 29.2. The molecule has 1 spiro atoms. The number of carbonyl (C=O) groups is 3. The standard InChI is InChI=1S/C30H30O12/c1-13-11-17-21(23(38-14(2)31)20-16(22(17)34-4)7-5-8-18(20)33)24-19(13)25-26-29(40-24,39-15(3)32)28(12-37-28)30(41-25,42-26)27-35-9-6-10-36-27/h11,25-27H,5-10,12H2,1-4H3/t25-,26+,28+,29-,30-/m1/s1. The van der Waals surface area contributed by atoms with Gasteiger partial charge in [0.15, 0.2) is 17.6 Å². The van der Waals surface area contributed by atoms with Gasteiger partial charge < -0.3 is 42.6 Å². The van der Waals surface area contributed by atoms with E-state index in [0.717, 1.165) is 5.56 Å². The molecule has 12 nitrogen and oxygen atoms in total. The monoisotopic (exact) mass is 582 g/mol.